The van der Waals surface area contributed by atoms with Gasteiger partial charge in [0.25, 0.3) is 5.91 Å². The summed E-state index contributed by atoms with van der Waals surface area (Å²) in [7, 11) is 7.31. The lowest BCUT2D eigenvalue weighted by molar-refractivity contribution is 0.103. The molecule has 6 nitrogen and oxygen atoms in total. The maximum atomic E-state index is 12.8. The summed E-state index contributed by atoms with van der Waals surface area (Å²) >= 11 is 1.36. The van der Waals surface area contributed by atoms with Crippen molar-refractivity contribution in [2.24, 2.45) is 0 Å². The number of likely N-dealkylation sites (N-methyl/N-ethyl adjacent to an activating group) is 1. The molecule has 0 saturated heterocycles. The number of aryl methyl sites for hydroxylation is 1. The number of hydrogen-bond donors (Lipinski definition) is 1. The average Bonchev–Trinajstić information content (AvgIpc) is 3.14. The maximum Gasteiger partial charge on any atom is 0.267 e. The van der Waals surface area contributed by atoms with E-state index in [1.54, 1.807) is 14.2 Å². The molecule has 1 heterocycles. The molecule has 158 valence electrons. The summed E-state index contributed by atoms with van der Waals surface area (Å²) in [5.74, 6) is 1.13. The molecule has 0 aliphatic heterocycles. The van der Waals surface area contributed by atoms with E-state index in [0.717, 1.165) is 29.2 Å². The van der Waals surface area contributed by atoms with Gasteiger partial charge in [-0.15, -0.1) is 11.3 Å². The summed E-state index contributed by atoms with van der Waals surface area (Å²) in [5, 5.41) is 3.73. The van der Waals surface area contributed by atoms with E-state index >= 15 is 0 Å². The van der Waals surface area contributed by atoms with Crippen molar-refractivity contribution in [2.45, 2.75) is 13.3 Å². The van der Waals surface area contributed by atoms with Crippen molar-refractivity contribution in [3.63, 3.8) is 0 Å². The molecule has 1 amide bonds. The minimum atomic E-state index is -0.155. The van der Waals surface area contributed by atoms with Crippen molar-refractivity contribution in [3.05, 3.63) is 58.6 Å². The predicted molar refractivity (Wildman–Crippen MR) is 122 cm³/mol. The highest BCUT2D eigenvalue weighted by molar-refractivity contribution is 7.17. The molecule has 0 spiro atoms. The Hall–Kier alpha value is -2.90. The number of rotatable bonds is 8. The van der Waals surface area contributed by atoms with Gasteiger partial charge in [-0.1, -0.05) is 12.1 Å². The zero-order valence-electron chi connectivity index (χ0n) is 18.0. The Bertz CT molecular complexity index is 1010. The van der Waals surface area contributed by atoms with Gasteiger partial charge in [0.2, 0.25) is 0 Å². The first-order chi connectivity index (χ1) is 14.4. The molecule has 7 heteroatoms. The second-order valence-corrected chi connectivity index (χ2v) is 8.21. The third-order valence-electron chi connectivity index (χ3n) is 4.69. The van der Waals surface area contributed by atoms with Crippen LogP contribution < -0.4 is 14.8 Å². The summed E-state index contributed by atoms with van der Waals surface area (Å²) in [6.45, 7) is 2.84. The fraction of sp³-hybridized carbons (Fsp3) is 0.304. The smallest absolute Gasteiger partial charge is 0.267 e. The summed E-state index contributed by atoms with van der Waals surface area (Å²) in [4.78, 5) is 20.1. The molecule has 0 fully saturated rings. The van der Waals surface area contributed by atoms with Gasteiger partial charge in [0.15, 0.2) is 11.5 Å². The monoisotopic (exact) mass is 425 g/mol. The second kappa shape index (κ2) is 9.73. The molecule has 1 aromatic heterocycles. The Morgan fingerprint density at radius 3 is 2.40 bits per heavy atom. The quantitative estimate of drug-likeness (QED) is 0.576. The summed E-state index contributed by atoms with van der Waals surface area (Å²) in [6.07, 6.45) is 0.976. The van der Waals surface area contributed by atoms with E-state index in [1.807, 2.05) is 49.4 Å². The number of amides is 1. The highest BCUT2D eigenvalue weighted by atomic mass is 32.1. The van der Waals surface area contributed by atoms with Gasteiger partial charge in [0.1, 0.15) is 9.88 Å². The number of hydrogen-bond acceptors (Lipinski definition) is 6. The highest BCUT2D eigenvalue weighted by Gasteiger charge is 2.17. The van der Waals surface area contributed by atoms with Gasteiger partial charge in [-0.3, -0.25) is 4.79 Å². The first-order valence-electron chi connectivity index (χ1n) is 9.66. The van der Waals surface area contributed by atoms with Gasteiger partial charge in [0.05, 0.1) is 19.9 Å². The molecule has 2 aromatic carbocycles. The molecule has 30 heavy (non-hydrogen) atoms. The van der Waals surface area contributed by atoms with Crippen molar-refractivity contribution >= 4 is 22.9 Å². The van der Waals surface area contributed by atoms with E-state index < -0.39 is 0 Å². The fourth-order valence-electron chi connectivity index (χ4n) is 3.00. The molecule has 0 aliphatic rings. The Labute approximate surface area is 181 Å². The van der Waals surface area contributed by atoms with Gasteiger partial charge >= 0.3 is 0 Å². The Morgan fingerprint density at radius 1 is 1.07 bits per heavy atom. The Balaban J connectivity index is 1.74. The zero-order chi connectivity index (χ0) is 21.7. The fourth-order valence-corrected chi connectivity index (χ4v) is 3.95. The number of ether oxygens (including phenoxy) is 2. The second-order valence-electron chi connectivity index (χ2n) is 7.21. The number of nitrogens with zero attached hydrogens (tertiary/aromatic N) is 2. The van der Waals surface area contributed by atoms with Crippen LogP contribution >= 0.6 is 11.3 Å². The maximum absolute atomic E-state index is 12.8. The van der Waals surface area contributed by atoms with Gasteiger partial charge in [0, 0.05) is 17.8 Å². The standard InChI is InChI=1S/C23H27N3O3S/c1-15-21(22(27)25-18-9-6-16(7-10-18)12-13-26(2)3)30-23(24-15)17-8-11-19(28-4)20(14-17)29-5/h6-11,14H,12-13H2,1-5H3,(H,25,27). The largest absolute Gasteiger partial charge is 0.493 e. The Kier molecular flexibility index (Phi) is 7.07. The van der Waals surface area contributed by atoms with Crippen molar-refractivity contribution in [1.82, 2.24) is 9.88 Å². The van der Waals surface area contributed by atoms with E-state index in [-0.39, 0.29) is 5.91 Å². The molecule has 0 bridgehead atoms. The van der Waals surface area contributed by atoms with Crippen LogP contribution in [0, 0.1) is 6.92 Å². The molecule has 0 radical (unpaired) electrons. The molecule has 0 aliphatic carbocycles. The molecular weight excluding hydrogens is 398 g/mol. The summed E-state index contributed by atoms with van der Waals surface area (Å²) in [6, 6.07) is 13.6. The van der Waals surface area contributed by atoms with Crippen LogP contribution in [0.4, 0.5) is 5.69 Å². The van der Waals surface area contributed by atoms with Crippen molar-refractivity contribution in [2.75, 3.05) is 40.2 Å². The summed E-state index contributed by atoms with van der Waals surface area (Å²) in [5.41, 5.74) is 3.59. The van der Waals surface area contributed by atoms with Crippen LogP contribution in [0.1, 0.15) is 20.9 Å². The predicted octanol–water partition coefficient (Wildman–Crippen LogP) is 4.49. The van der Waals surface area contributed by atoms with E-state index in [9.17, 15) is 4.79 Å². The third kappa shape index (κ3) is 5.17. The van der Waals surface area contributed by atoms with E-state index in [1.165, 1.54) is 16.9 Å². The van der Waals surface area contributed by atoms with E-state index in [2.05, 4.69) is 29.3 Å². The first kappa shape index (κ1) is 21.8. The molecule has 0 saturated carbocycles. The lowest BCUT2D eigenvalue weighted by Gasteiger charge is -2.10. The number of carbonyl (C=O) groups excluding carboxylic acids is 1. The van der Waals surface area contributed by atoms with Crippen LogP contribution in [-0.4, -0.2) is 50.7 Å². The van der Waals surface area contributed by atoms with E-state index in [0.29, 0.717) is 22.1 Å². The number of carbonyl (C=O) groups is 1. The number of thiazole rings is 1. The van der Waals surface area contributed by atoms with Crippen molar-refractivity contribution in [1.29, 1.82) is 0 Å². The molecule has 3 aromatic rings. The molecule has 1 N–H and O–H groups in total. The van der Waals surface area contributed by atoms with Crippen molar-refractivity contribution in [3.8, 4) is 22.1 Å². The SMILES string of the molecule is COc1ccc(-c2nc(C)c(C(=O)Nc3ccc(CCN(C)C)cc3)s2)cc1OC. The van der Waals surface area contributed by atoms with Crippen LogP contribution in [0.3, 0.4) is 0 Å². The molecule has 3 rings (SSSR count). The molecule has 0 unspecified atom stereocenters. The lowest BCUT2D eigenvalue weighted by atomic mass is 10.1. The molecular formula is C23H27N3O3S. The van der Waals surface area contributed by atoms with Crippen LogP contribution in [0.5, 0.6) is 11.5 Å². The lowest BCUT2D eigenvalue weighted by Crippen LogP contribution is -2.15. The van der Waals surface area contributed by atoms with Crippen LogP contribution in [0.2, 0.25) is 0 Å². The zero-order valence-corrected chi connectivity index (χ0v) is 18.8. The van der Waals surface area contributed by atoms with Crippen molar-refractivity contribution < 1.29 is 14.3 Å². The number of anilines is 1. The molecule has 0 atom stereocenters. The number of nitrogens with one attached hydrogen (secondary N) is 1. The van der Waals surface area contributed by atoms with Gasteiger partial charge in [-0.05, 0) is 63.3 Å². The van der Waals surface area contributed by atoms with Gasteiger partial charge in [-0.2, -0.15) is 0 Å². The highest BCUT2D eigenvalue weighted by Crippen LogP contribution is 2.35. The first-order valence-corrected chi connectivity index (χ1v) is 10.5. The number of aromatic nitrogens is 1. The normalized spacial score (nSPS) is 10.9. The van der Waals surface area contributed by atoms with Crippen LogP contribution in [0.15, 0.2) is 42.5 Å². The topological polar surface area (TPSA) is 63.7 Å². The number of benzene rings is 2. The minimum absolute atomic E-state index is 0.155. The van der Waals surface area contributed by atoms with E-state index in [4.69, 9.17) is 9.47 Å². The minimum Gasteiger partial charge on any atom is -0.493 e. The van der Waals surface area contributed by atoms with Gasteiger partial charge in [-0.25, -0.2) is 4.98 Å². The van der Waals surface area contributed by atoms with Crippen LogP contribution in [-0.2, 0) is 6.42 Å². The average molecular weight is 426 g/mol. The number of methoxy groups -OCH3 is 2. The summed E-state index contributed by atoms with van der Waals surface area (Å²) < 4.78 is 10.7. The van der Waals surface area contributed by atoms with Crippen LogP contribution in [0.25, 0.3) is 10.6 Å². The van der Waals surface area contributed by atoms with Gasteiger partial charge < -0.3 is 19.7 Å². The third-order valence-corrected chi connectivity index (χ3v) is 5.90. The Morgan fingerprint density at radius 2 is 1.77 bits per heavy atom.